The van der Waals surface area contributed by atoms with E-state index in [-0.39, 0.29) is 0 Å². The Morgan fingerprint density at radius 2 is 2.12 bits per heavy atom. The number of morpholine rings is 1. The van der Waals surface area contributed by atoms with Crippen molar-refractivity contribution in [3.8, 4) is 0 Å². The molecule has 0 spiro atoms. The molecular formula is C11H18N4O2. The van der Waals surface area contributed by atoms with Gasteiger partial charge in [0.2, 0.25) is 5.89 Å². The molecule has 0 radical (unpaired) electrons. The second-order valence-electron chi connectivity index (χ2n) is 4.57. The van der Waals surface area contributed by atoms with Crippen molar-refractivity contribution in [2.24, 2.45) is 0 Å². The van der Waals surface area contributed by atoms with Crippen LogP contribution in [0.4, 0.5) is 6.01 Å². The lowest BCUT2D eigenvalue weighted by Crippen LogP contribution is -2.36. The van der Waals surface area contributed by atoms with Crippen molar-refractivity contribution in [1.29, 1.82) is 0 Å². The highest BCUT2D eigenvalue weighted by Crippen LogP contribution is 2.24. The number of ether oxygens (including phenoxy) is 1. The molecule has 2 fully saturated rings. The Morgan fingerprint density at radius 3 is 2.88 bits per heavy atom. The van der Waals surface area contributed by atoms with Crippen molar-refractivity contribution in [3.05, 3.63) is 5.89 Å². The molecule has 0 amide bonds. The van der Waals surface area contributed by atoms with Crippen molar-refractivity contribution in [2.45, 2.75) is 18.8 Å². The molecule has 1 aromatic rings. The number of rotatable bonds is 2. The standard InChI is InChI=1S/C11H18N4O2/c1-2-9(8-12-3-1)10-13-14-11(17-10)15-4-6-16-7-5-15/h9,12H,1-8H2. The summed E-state index contributed by atoms with van der Waals surface area (Å²) in [4.78, 5) is 2.09. The van der Waals surface area contributed by atoms with Crippen LogP contribution in [0.5, 0.6) is 0 Å². The molecule has 1 atom stereocenters. The van der Waals surface area contributed by atoms with E-state index in [1.165, 1.54) is 6.42 Å². The van der Waals surface area contributed by atoms with E-state index in [9.17, 15) is 0 Å². The molecule has 2 saturated heterocycles. The van der Waals surface area contributed by atoms with Gasteiger partial charge in [-0.15, -0.1) is 5.10 Å². The molecule has 0 bridgehead atoms. The Hall–Kier alpha value is -1.14. The minimum absolute atomic E-state index is 0.381. The zero-order valence-electron chi connectivity index (χ0n) is 9.89. The fourth-order valence-corrected chi connectivity index (χ4v) is 2.34. The summed E-state index contributed by atoms with van der Waals surface area (Å²) < 4.78 is 11.1. The van der Waals surface area contributed by atoms with E-state index in [4.69, 9.17) is 9.15 Å². The summed E-state index contributed by atoms with van der Waals surface area (Å²) in [5.74, 6) is 1.16. The Kier molecular flexibility index (Phi) is 3.24. The summed E-state index contributed by atoms with van der Waals surface area (Å²) in [5, 5.41) is 11.7. The topological polar surface area (TPSA) is 63.4 Å². The largest absolute Gasteiger partial charge is 0.408 e. The highest BCUT2D eigenvalue weighted by atomic mass is 16.5. The third-order valence-electron chi connectivity index (χ3n) is 3.36. The summed E-state index contributed by atoms with van der Waals surface area (Å²) in [7, 11) is 0. The van der Waals surface area contributed by atoms with E-state index in [1.807, 2.05) is 0 Å². The van der Waals surface area contributed by atoms with Crippen molar-refractivity contribution < 1.29 is 9.15 Å². The zero-order chi connectivity index (χ0) is 11.5. The summed E-state index contributed by atoms with van der Waals surface area (Å²) >= 11 is 0. The van der Waals surface area contributed by atoms with Gasteiger partial charge < -0.3 is 19.4 Å². The second kappa shape index (κ2) is 5.01. The highest BCUT2D eigenvalue weighted by molar-refractivity contribution is 5.24. The first-order valence-corrected chi connectivity index (χ1v) is 6.30. The van der Waals surface area contributed by atoms with Crippen molar-refractivity contribution >= 4 is 6.01 Å². The molecule has 0 saturated carbocycles. The van der Waals surface area contributed by atoms with E-state index in [0.717, 1.165) is 51.7 Å². The van der Waals surface area contributed by atoms with Gasteiger partial charge in [-0.2, -0.15) is 0 Å². The number of hydrogen-bond acceptors (Lipinski definition) is 6. The van der Waals surface area contributed by atoms with Gasteiger partial charge in [-0.05, 0) is 19.4 Å². The Balaban J connectivity index is 1.68. The van der Waals surface area contributed by atoms with E-state index in [0.29, 0.717) is 11.9 Å². The number of hydrogen-bond donors (Lipinski definition) is 1. The first-order valence-electron chi connectivity index (χ1n) is 6.30. The van der Waals surface area contributed by atoms with Gasteiger partial charge in [-0.25, -0.2) is 0 Å². The average molecular weight is 238 g/mol. The van der Waals surface area contributed by atoms with Gasteiger partial charge in [0.1, 0.15) is 0 Å². The molecular weight excluding hydrogens is 220 g/mol. The molecule has 1 aromatic heterocycles. The second-order valence-corrected chi connectivity index (χ2v) is 4.57. The van der Waals surface area contributed by atoms with E-state index < -0.39 is 0 Å². The maximum atomic E-state index is 5.77. The van der Waals surface area contributed by atoms with Crippen LogP contribution < -0.4 is 10.2 Å². The predicted octanol–water partition coefficient (Wildman–Crippen LogP) is 0.373. The molecule has 6 nitrogen and oxygen atoms in total. The molecule has 1 N–H and O–H groups in total. The lowest BCUT2D eigenvalue weighted by atomic mass is 10.00. The first-order chi connectivity index (χ1) is 8.43. The first kappa shape index (κ1) is 11.0. The number of piperidine rings is 1. The van der Waals surface area contributed by atoms with E-state index in [2.05, 4.69) is 20.4 Å². The van der Waals surface area contributed by atoms with Crippen LogP contribution in [0.2, 0.25) is 0 Å². The van der Waals surface area contributed by atoms with Crippen LogP contribution >= 0.6 is 0 Å². The highest BCUT2D eigenvalue weighted by Gasteiger charge is 2.23. The fraction of sp³-hybridized carbons (Fsp3) is 0.818. The third kappa shape index (κ3) is 2.42. The van der Waals surface area contributed by atoms with Gasteiger partial charge in [0.15, 0.2) is 0 Å². The Morgan fingerprint density at radius 1 is 1.24 bits per heavy atom. The van der Waals surface area contributed by atoms with Crippen molar-refractivity contribution in [3.63, 3.8) is 0 Å². The average Bonchev–Trinajstić information content (AvgIpc) is 2.90. The van der Waals surface area contributed by atoms with Gasteiger partial charge in [0, 0.05) is 25.6 Å². The summed E-state index contributed by atoms with van der Waals surface area (Å²) in [6, 6.07) is 0.647. The zero-order valence-corrected chi connectivity index (χ0v) is 9.89. The summed E-state index contributed by atoms with van der Waals surface area (Å²) in [6.07, 6.45) is 2.32. The maximum absolute atomic E-state index is 5.77. The molecule has 94 valence electrons. The lowest BCUT2D eigenvalue weighted by molar-refractivity contribution is 0.120. The summed E-state index contributed by atoms with van der Waals surface area (Å²) in [6.45, 7) is 5.20. The smallest absolute Gasteiger partial charge is 0.318 e. The molecule has 3 rings (SSSR count). The fourth-order valence-electron chi connectivity index (χ4n) is 2.34. The number of aromatic nitrogens is 2. The lowest BCUT2D eigenvalue weighted by Gasteiger charge is -2.24. The van der Waals surface area contributed by atoms with E-state index >= 15 is 0 Å². The minimum atomic E-state index is 0.381. The molecule has 0 aromatic carbocycles. The summed E-state index contributed by atoms with van der Waals surface area (Å²) in [5.41, 5.74) is 0. The monoisotopic (exact) mass is 238 g/mol. The van der Waals surface area contributed by atoms with Crippen LogP contribution in [-0.2, 0) is 4.74 Å². The molecule has 6 heteroatoms. The maximum Gasteiger partial charge on any atom is 0.318 e. The number of nitrogens with zero attached hydrogens (tertiary/aromatic N) is 3. The molecule has 2 aliphatic heterocycles. The Bertz CT molecular complexity index is 324. The van der Waals surface area contributed by atoms with Crippen LogP contribution in [-0.4, -0.2) is 49.6 Å². The minimum Gasteiger partial charge on any atom is -0.408 e. The molecule has 1 unspecified atom stereocenters. The SMILES string of the molecule is C1CNCC(c2nnc(N3CCOCC3)o2)C1. The van der Waals surface area contributed by atoms with Gasteiger partial charge >= 0.3 is 6.01 Å². The van der Waals surface area contributed by atoms with Crippen LogP contribution in [0.1, 0.15) is 24.7 Å². The number of anilines is 1. The van der Waals surface area contributed by atoms with Gasteiger partial charge in [0.25, 0.3) is 0 Å². The van der Waals surface area contributed by atoms with Crippen LogP contribution in [0.15, 0.2) is 4.42 Å². The van der Waals surface area contributed by atoms with Crippen molar-refractivity contribution in [1.82, 2.24) is 15.5 Å². The Labute approximate surface area is 100 Å². The molecule has 0 aliphatic carbocycles. The van der Waals surface area contributed by atoms with Gasteiger partial charge in [-0.1, -0.05) is 5.10 Å². The van der Waals surface area contributed by atoms with Crippen LogP contribution in [0.25, 0.3) is 0 Å². The number of nitrogens with one attached hydrogen (secondary N) is 1. The normalized spacial score (nSPS) is 26.1. The van der Waals surface area contributed by atoms with Crippen LogP contribution in [0, 0.1) is 0 Å². The van der Waals surface area contributed by atoms with Gasteiger partial charge in [-0.3, -0.25) is 0 Å². The van der Waals surface area contributed by atoms with Crippen LogP contribution in [0.3, 0.4) is 0 Å². The van der Waals surface area contributed by atoms with Gasteiger partial charge in [0.05, 0.1) is 13.2 Å². The quantitative estimate of drug-likeness (QED) is 0.803. The van der Waals surface area contributed by atoms with Crippen molar-refractivity contribution in [2.75, 3.05) is 44.3 Å². The molecule has 17 heavy (non-hydrogen) atoms. The predicted molar refractivity (Wildman–Crippen MR) is 62.2 cm³/mol. The van der Waals surface area contributed by atoms with E-state index in [1.54, 1.807) is 0 Å². The molecule has 3 heterocycles. The molecule has 2 aliphatic rings. The third-order valence-corrected chi connectivity index (χ3v) is 3.36.